The molecule has 1 aromatic carbocycles. The molecule has 4 aliphatic rings. The average molecular weight is 449 g/mol. The van der Waals surface area contributed by atoms with E-state index in [0.29, 0.717) is 18.4 Å². The number of piperidine rings is 1. The number of aliphatic hydroxyl groups is 2. The SMILES string of the molecule is COc1ccc2c3c1OC1C(=O)CCC4[C@@H](C2)N(C)CC[C@]314.O=C(O)[C@H](O)[C@@H](O)C(=O)O. The highest BCUT2D eigenvalue weighted by Crippen LogP contribution is 2.63. The Kier molecular flexibility index (Phi) is 5.64. The number of carbonyl (C=O) groups excluding carboxylic acids is 1. The van der Waals surface area contributed by atoms with Gasteiger partial charge in [0.1, 0.15) is 0 Å². The monoisotopic (exact) mass is 449 g/mol. The van der Waals surface area contributed by atoms with Crippen LogP contribution >= 0.6 is 0 Å². The highest BCUT2D eigenvalue weighted by atomic mass is 16.5. The van der Waals surface area contributed by atoms with E-state index in [1.54, 1.807) is 7.11 Å². The number of likely N-dealkylation sites (N-methyl/N-ethyl adjacent to an activating group) is 1. The molecule has 2 unspecified atom stereocenters. The fourth-order valence-electron chi connectivity index (χ4n) is 5.94. The van der Waals surface area contributed by atoms with Gasteiger partial charge in [-0.25, -0.2) is 9.59 Å². The van der Waals surface area contributed by atoms with Crippen molar-refractivity contribution in [3.05, 3.63) is 23.3 Å². The number of ketones is 1. The molecule has 32 heavy (non-hydrogen) atoms. The quantitative estimate of drug-likeness (QED) is 0.486. The summed E-state index contributed by atoms with van der Waals surface area (Å²) < 4.78 is 11.8. The molecule has 2 aliphatic carbocycles. The molecule has 0 aromatic heterocycles. The molecule has 4 N–H and O–H groups in total. The molecule has 6 atom stereocenters. The first-order valence-electron chi connectivity index (χ1n) is 10.5. The molecule has 1 aromatic rings. The summed E-state index contributed by atoms with van der Waals surface area (Å²) in [7, 11) is 3.91. The Hall–Kier alpha value is -2.69. The highest BCUT2D eigenvalue weighted by molar-refractivity contribution is 5.89. The van der Waals surface area contributed by atoms with Gasteiger partial charge in [0.15, 0.2) is 35.6 Å². The van der Waals surface area contributed by atoms with Crippen molar-refractivity contribution in [3.63, 3.8) is 0 Å². The largest absolute Gasteiger partial charge is 0.493 e. The Balaban J connectivity index is 0.000000211. The summed E-state index contributed by atoms with van der Waals surface area (Å²) in [5.74, 6) is -1.08. The third kappa shape index (κ3) is 3.16. The number of nitrogens with zero attached hydrogens (tertiary/aromatic N) is 1. The molecule has 5 rings (SSSR count). The first-order chi connectivity index (χ1) is 15.1. The number of likely N-dealkylation sites (tertiary alicyclic amines) is 1. The molecular formula is C22H27NO9. The molecule has 2 fully saturated rings. The number of benzene rings is 1. The van der Waals surface area contributed by atoms with Crippen LogP contribution in [0.3, 0.4) is 0 Å². The van der Waals surface area contributed by atoms with Crippen LogP contribution in [0.1, 0.15) is 30.4 Å². The maximum absolute atomic E-state index is 12.6. The molecule has 1 saturated carbocycles. The van der Waals surface area contributed by atoms with Gasteiger partial charge in [-0.15, -0.1) is 0 Å². The van der Waals surface area contributed by atoms with Crippen LogP contribution in [0.25, 0.3) is 0 Å². The van der Waals surface area contributed by atoms with Gasteiger partial charge in [-0.2, -0.15) is 0 Å². The smallest absolute Gasteiger partial charge is 0.335 e. The molecule has 1 saturated heterocycles. The molecule has 0 amide bonds. The first-order valence-corrected chi connectivity index (χ1v) is 10.5. The van der Waals surface area contributed by atoms with Crippen LogP contribution in [0.15, 0.2) is 12.1 Å². The van der Waals surface area contributed by atoms with E-state index in [4.69, 9.17) is 29.9 Å². The normalized spacial score (nSPS) is 31.4. The number of methoxy groups -OCH3 is 1. The van der Waals surface area contributed by atoms with E-state index in [1.807, 2.05) is 6.07 Å². The standard InChI is InChI=1S/C18H21NO3.C4H6O6/c1-19-8-7-18-11-4-5-13(20)17(18)22-16-14(21-2)6-3-10(15(16)18)9-12(11)19;5-1(3(7)8)2(6)4(9)10/h3,6,11-12,17H,4-5,7-9H2,1-2H3;1-2,5-6H,(H,7,8)(H,9,10)/t11?,12-,17?,18+;1-,2-/m11/s1. The van der Waals surface area contributed by atoms with Crippen LogP contribution in [-0.2, 0) is 26.2 Å². The van der Waals surface area contributed by atoms with E-state index in [9.17, 15) is 14.4 Å². The molecule has 174 valence electrons. The number of Topliss-reactive ketones (excluding diaryl/α,β-unsaturated/α-hetero) is 1. The van der Waals surface area contributed by atoms with Crippen LogP contribution in [0.2, 0.25) is 0 Å². The molecule has 2 aliphatic heterocycles. The Bertz CT molecular complexity index is 945. The summed E-state index contributed by atoms with van der Waals surface area (Å²) in [6, 6.07) is 4.73. The van der Waals surface area contributed by atoms with Crippen molar-refractivity contribution in [2.75, 3.05) is 20.7 Å². The second-order valence-electron chi connectivity index (χ2n) is 8.85. The van der Waals surface area contributed by atoms with E-state index in [-0.39, 0.29) is 17.3 Å². The third-order valence-electron chi connectivity index (χ3n) is 7.40. The molecule has 2 heterocycles. The van der Waals surface area contributed by atoms with Crippen LogP contribution in [-0.4, -0.2) is 88.1 Å². The van der Waals surface area contributed by atoms with Gasteiger partial charge < -0.3 is 34.8 Å². The van der Waals surface area contributed by atoms with Gasteiger partial charge in [0.25, 0.3) is 0 Å². The number of carboxylic acid groups (broad SMARTS) is 2. The number of hydrogen-bond acceptors (Lipinski definition) is 8. The number of rotatable bonds is 4. The van der Waals surface area contributed by atoms with E-state index >= 15 is 0 Å². The number of aliphatic carboxylic acids is 2. The van der Waals surface area contributed by atoms with Gasteiger partial charge >= 0.3 is 11.9 Å². The molecule has 2 bridgehead atoms. The van der Waals surface area contributed by atoms with Crippen molar-refractivity contribution < 1.29 is 44.3 Å². The van der Waals surface area contributed by atoms with E-state index in [0.717, 1.165) is 37.3 Å². The zero-order valence-corrected chi connectivity index (χ0v) is 17.9. The molecular weight excluding hydrogens is 422 g/mol. The fourth-order valence-corrected chi connectivity index (χ4v) is 5.94. The van der Waals surface area contributed by atoms with Crippen LogP contribution in [0.5, 0.6) is 11.5 Å². The predicted octanol–water partition coefficient (Wildman–Crippen LogP) is -0.189. The van der Waals surface area contributed by atoms with Crippen LogP contribution in [0.4, 0.5) is 0 Å². The van der Waals surface area contributed by atoms with Gasteiger partial charge in [0.05, 0.1) is 7.11 Å². The second kappa shape index (κ2) is 8.02. The lowest BCUT2D eigenvalue weighted by Gasteiger charge is -2.57. The predicted molar refractivity (Wildman–Crippen MR) is 109 cm³/mol. The summed E-state index contributed by atoms with van der Waals surface area (Å²) in [5.41, 5.74) is 2.57. The maximum atomic E-state index is 12.6. The Labute approximate surface area is 184 Å². The highest BCUT2D eigenvalue weighted by Gasteiger charge is 2.65. The van der Waals surface area contributed by atoms with E-state index in [1.165, 1.54) is 11.1 Å². The molecule has 10 nitrogen and oxygen atoms in total. The molecule has 10 heteroatoms. The van der Waals surface area contributed by atoms with Gasteiger partial charge in [-0.1, -0.05) is 6.07 Å². The topological polar surface area (TPSA) is 154 Å². The van der Waals surface area contributed by atoms with Crippen LogP contribution in [0, 0.1) is 5.92 Å². The number of aliphatic hydroxyl groups excluding tert-OH is 2. The number of ether oxygens (including phenoxy) is 2. The summed E-state index contributed by atoms with van der Waals surface area (Å²) in [6.45, 7) is 1.05. The minimum absolute atomic E-state index is 0.0933. The lowest BCUT2D eigenvalue weighted by Crippen LogP contribution is -2.65. The second-order valence-corrected chi connectivity index (χ2v) is 8.85. The van der Waals surface area contributed by atoms with Gasteiger partial charge in [0, 0.05) is 23.4 Å². The maximum Gasteiger partial charge on any atom is 0.335 e. The fraction of sp³-hybridized carbons (Fsp3) is 0.591. The van der Waals surface area contributed by atoms with Gasteiger partial charge in [0.2, 0.25) is 0 Å². The van der Waals surface area contributed by atoms with Crippen molar-refractivity contribution in [2.24, 2.45) is 5.92 Å². The van der Waals surface area contributed by atoms with Crippen molar-refractivity contribution in [1.82, 2.24) is 4.90 Å². The Morgan fingerprint density at radius 3 is 2.47 bits per heavy atom. The van der Waals surface area contributed by atoms with Crippen LogP contribution < -0.4 is 9.47 Å². The first kappa shape index (κ1) is 22.5. The number of hydrogen-bond donors (Lipinski definition) is 4. The van der Waals surface area contributed by atoms with Gasteiger partial charge in [-0.05, 0) is 50.4 Å². The molecule has 1 spiro atoms. The zero-order chi connectivity index (χ0) is 23.4. The van der Waals surface area contributed by atoms with E-state index < -0.39 is 24.1 Å². The third-order valence-corrected chi connectivity index (χ3v) is 7.40. The van der Waals surface area contributed by atoms with Crippen molar-refractivity contribution in [3.8, 4) is 11.5 Å². The number of carboxylic acids is 2. The Morgan fingerprint density at radius 1 is 1.22 bits per heavy atom. The average Bonchev–Trinajstić information content (AvgIpc) is 3.12. The zero-order valence-electron chi connectivity index (χ0n) is 17.9. The minimum Gasteiger partial charge on any atom is -0.493 e. The summed E-state index contributed by atoms with van der Waals surface area (Å²) in [4.78, 5) is 34.7. The summed E-state index contributed by atoms with van der Waals surface area (Å²) in [6.07, 6.45) is -1.06. The minimum atomic E-state index is -2.27. The van der Waals surface area contributed by atoms with Crippen molar-refractivity contribution in [1.29, 1.82) is 0 Å². The van der Waals surface area contributed by atoms with E-state index in [2.05, 4.69) is 18.0 Å². The summed E-state index contributed by atoms with van der Waals surface area (Å²) >= 11 is 0. The lowest BCUT2D eigenvalue weighted by atomic mass is 9.52. The summed E-state index contributed by atoms with van der Waals surface area (Å²) in [5, 5.41) is 32.5. The van der Waals surface area contributed by atoms with Gasteiger partial charge in [-0.3, -0.25) is 4.79 Å². The van der Waals surface area contributed by atoms with Crippen molar-refractivity contribution >= 4 is 17.7 Å². The Morgan fingerprint density at radius 2 is 1.88 bits per heavy atom. The lowest BCUT2D eigenvalue weighted by molar-refractivity contribution is -0.165. The number of carbonyl (C=O) groups is 3. The molecule has 0 radical (unpaired) electrons. The van der Waals surface area contributed by atoms with Crippen molar-refractivity contribution in [2.45, 2.75) is 55.5 Å².